The van der Waals surface area contributed by atoms with Crippen LogP contribution in [0.25, 0.3) is 0 Å². The first kappa shape index (κ1) is 23.7. The fraction of sp³-hybridized carbons (Fsp3) is 0.933. The second-order valence-electron chi connectivity index (χ2n) is 5.77. The molecule has 1 unspecified atom stereocenters. The van der Waals surface area contributed by atoms with E-state index in [9.17, 15) is 13.2 Å². The first-order valence-electron chi connectivity index (χ1n) is 8.44. The summed E-state index contributed by atoms with van der Waals surface area (Å²) in [7, 11) is 0. The van der Waals surface area contributed by atoms with E-state index in [1.807, 2.05) is 6.92 Å². The average Bonchev–Trinajstić information content (AvgIpc) is 2.88. The molecule has 0 aromatic rings. The Bertz CT molecular complexity index is 362. The van der Waals surface area contributed by atoms with Crippen LogP contribution in [0.1, 0.15) is 27.2 Å². The van der Waals surface area contributed by atoms with E-state index in [1.54, 1.807) is 0 Å². The highest BCUT2D eigenvalue weighted by Gasteiger charge is 2.34. The molecule has 2 N–H and O–H groups in total. The van der Waals surface area contributed by atoms with Crippen molar-refractivity contribution >= 4 is 29.9 Å². The fourth-order valence-corrected chi connectivity index (χ4v) is 2.70. The number of halogens is 4. The third-order valence-electron chi connectivity index (χ3n) is 3.94. The summed E-state index contributed by atoms with van der Waals surface area (Å²) in [5.41, 5.74) is 0. The lowest BCUT2D eigenvalue weighted by molar-refractivity contribution is -0.143. The zero-order chi connectivity index (χ0) is 17.3. The van der Waals surface area contributed by atoms with Crippen LogP contribution in [0.15, 0.2) is 4.99 Å². The van der Waals surface area contributed by atoms with Gasteiger partial charge in [0.15, 0.2) is 5.96 Å². The molecule has 0 bridgehead atoms. The van der Waals surface area contributed by atoms with Crippen molar-refractivity contribution in [1.29, 1.82) is 0 Å². The third kappa shape index (κ3) is 9.87. The molecule has 0 spiro atoms. The van der Waals surface area contributed by atoms with Gasteiger partial charge < -0.3 is 15.5 Å². The third-order valence-corrected chi connectivity index (χ3v) is 3.94. The molecular formula is C15H31F3IN5. The molecule has 1 aliphatic rings. The Balaban J connectivity index is 0.00000529. The summed E-state index contributed by atoms with van der Waals surface area (Å²) in [6, 6.07) is 0.0172. The normalized spacial score (nSPS) is 19.5. The zero-order valence-electron chi connectivity index (χ0n) is 14.8. The summed E-state index contributed by atoms with van der Waals surface area (Å²) in [6.45, 7) is 10.5. The number of aliphatic imine (C=N–C) groups is 1. The molecule has 1 heterocycles. The molecular weight excluding hydrogens is 434 g/mol. The van der Waals surface area contributed by atoms with E-state index in [1.165, 1.54) is 4.90 Å². The van der Waals surface area contributed by atoms with E-state index < -0.39 is 12.7 Å². The van der Waals surface area contributed by atoms with Gasteiger partial charge in [-0.05, 0) is 26.4 Å². The van der Waals surface area contributed by atoms with Crippen LogP contribution in [0, 0.1) is 0 Å². The minimum Gasteiger partial charge on any atom is -0.357 e. The molecule has 0 saturated carbocycles. The van der Waals surface area contributed by atoms with Gasteiger partial charge in [0.25, 0.3) is 0 Å². The highest BCUT2D eigenvalue weighted by Crippen LogP contribution is 2.19. The van der Waals surface area contributed by atoms with Crippen LogP contribution in [0.3, 0.4) is 0 Å². The minimum atomic E-state index is -4.13. The second kappa shape index (κ2) is 12.1. The highest BCUT2D eigenvalue weighted by molar-refractivity contribution is 14.0. The van der Waals surface area contributed by atoms with Crippen molar-refractivity contribution in [1.82, 2.24) is 20.4 Å². The Morgan fingerprint density at radius 3 is 2.46 bits per heavy atom. The average molecular weight is 465 g/mol. The van der Waals surface area contributed by atoms with E-state index in [4.69, 9.17) is 0 Å². The van der Waals surface area contributed by atoms with Crippen LogP contribution in [-0.4, -0.2) is 80.3 Å². The van der Waals surface area contributed by atoms with Crippen LogP contribution in [0.2, 0.25) is 0 Å². The van der Waals surface area contributed by atoms with E-state index in [0.29, 0.717) is 32.0 Å². The van der Waals surface area contributed by atoms with Gasteiger partial charge in [-0.25, -0.2) is 0 Å². The molecule has 9 heteroatoms. The van der Waals surface area contributed by atoms with Crippen molar-refractivity contribution in [2.24, 2.45) is 4.99 Å². The molecule has 1 rings (SSSR count). The van der Waals surface area contributed by atoms with E-state index in [-0.39, 0.29) is 30.0 Å². The molecule has 1 atom stereocenters. The van der Waals surface area contributed by atoms with Gasteiger partial charge in [0, 0.05) is 32.2 Å². The molecule has 144 valence electrons. The molecule has 24 heavy (non-hydrogen) atoms. The van der Waals surface area contributed by atoms with Crippen molar-refractivity contribution in [2.45, 2.75) is 39.4 Å². The molecule has 0 amide bonds. The quantitative estimate of drug-likeness (QED) is 0.328. The molecule has 1 aliphatic heterocycles. The molecule has 0 aliphatic carbocycles. The maximum atomic E-state index is 12.4. The van der Waals surface area contributed by atoms with Gasteiger partial charge in [-0.1, -0.05) is 13.8 Å². The molecule has 5 nitrogen and oxygen atoms in total. The lowest BCUT2D eigenvalue weighted by atomic mass is 10.3. The van der Waals surface area contributed by atoms with Gasteiger partial charge in [0.05, 0.1) is 13.1 Å². The number of hydrogen-bond donors (Lipinski definition) is 2. The van der Waals surface area contributed by atoms with E-state index >= 15 is 0 Å². The van der Waals surface area contributed by atoms with Gasteiger partial charge in [-0.15, -0.1) is 24.0 Å². The Morgan fingerprint density at radius 2 is 1.92 bits per heavy atom. The van der Waals surface area contributed by atoms with Crippen molar-refractivity contribution in [2.75, 3.05) is 52.4 Å². The number of nitrogens with zero attached hydrogens (tertiary/aromatic N) is 3. The van der Waals surface area contributed by atoms with Crippen LogP contribution in [-0.2, 0) is 0 Å². The van der Waals surface area contributed by atoms with Crippen LogP contribution in [0.5, 0.6) is 0 Å². The number of hydrogen-bond acceptors (Lipinski definition) is 3. The zero-order valence-corrected chi connectivity index (χ0v) is 17.2. The number of guanidine groups is 1. The Kier molecular flexibility index (Phi) is 12.0. The second-order valence-corrected chi connectivity index (χ2v) is 5.77. The Labute approximate surface area is 160 Å². The van der Waals surface area contributed by atoms with Crippen molar-refractivity contribution < 1.29 is 13.2 Å². The molecule has 0 aromatic heterocycles. The minimum absolute atomic E-state index is 0. The standard InChI is InChI=1S/C15H30F3N5.HI/c1-4-19-14(20-8-10-22(5-2)6-3)21-13-7-9-23(11-13)12-15(16,17)18;/h13H,4-12H2,1-3H3,(H2,19,20,21);1H. The number of nitrogens with one attached hydrogen (secondary N) is 2. The van der Waals surface area contributed by atoms with Crippen LogP contribution < -0.4 is 10.6 Å². The summed E-state index contributed by atoms with van der Waals surface area (Å²) in [5, 5.41) is 6.42. The van der Waals surface area contributed by atoms with E-state index in [2.05, 4.69) is 34.4 Å². The number of rotatable bonds is 8. The summed E-state index contributed by atoms with van der Waals surface area (Å²) >= 11 is 0. The van der Waals surface area contributed by atoms with Crippen molar-refractivity contribution in [3.63, 3.8) is 0 Å². The molecule has 1 fully saturated rings. The lowest BCUT2D eigenvalue weighted by Crippen LogP contribution is -2.45. The molecule has 1 saturated heterocycles. The molecule has 0 radical (unpaired) electrons. The fourth-order valence-electron chi connectivity index (χ4n) is 2.70. The van der Waals surface area contributed by atoms with Crippen LogP contribution in [0.4, 0.5) is 13.2 Å². The van der Waals surface area contributed by atoms with E-state index in [0.717, 1.165) is 26.2 Å². The molecule has 0 aromatic carbocycles. The van der Waals surface area contributed by atoms with Crippen LogP contribution >= 0.6 is 24.0 Å². The first-order valence-corrected chi connectivity index (χ1v) is 8.44. The Hall–Kier alpha value is -0.290. The van der Waals surface area contributed by atoms with Crippen molar-refractivity contribution in [3.05, 3.63) is 0 Å². The Morgan fingerprint density at radius 1 is 1.25 bits per heavy atom. The monoisotopic (exact) mass is 465 g/mol. The summed E-state index contributed by atoms with van der Waals surface area (Å²) < 4.78 is 37.3. The topological polar surface area (TPSA) is 42.9 Å². The lowest BCUT2D eigenvalue weighted by Gasteiger charge is -2.20. The summed E-state index contributed by atoms with van der Waals surface area (Å²) in [6.07, 6.45) is -3.42. The summed E-state index contributed by atoms with van der Waals surface area (Å²) in [4.78, 5) is 8.25. The SMILES string of the molecule is CCNC(=NCCN(CC)CC)NC1CCN(CC(F)(F)F)C1.I. The van der Waals surface area contributed by atoms with Gasteiger partial charge in [-0.3, -0.25) is 9.89 Å². The predicted octanol–water partition coefficient (Wildman–Crippen LogP) is 2.14. The summed E-state index contributed by atoms with van der Waals surface area (Å²) in [5.74, 6) is 0.693. The number of alkyl halides is 3. The highest BCUT2D eigenvalue weighted by atomic mass is 127. The van der Waals surface area contributed by atoms with Gasteiger partial charge in [0.1, 0.15) is 0 Å². The van der Waals surface area contributed by atoms with Crippen molar-refractivity contribution in [3.8, 4) is 0 Å². The van der Waals surface area contributed by atoms with Gasteiger partial charge in [-0.2, -0.15) is 13.2 Å². The van der Waals surface area contributed by atoms with Gasteiger partial charge in [0.2, 0.25) is 0 Å². The number of likely N-dealkylation sites (N-methyl/N-ethyl adjacent to an activating group) is 1. The maximum absolute atomic E-state index is 12.4. The largest absolute Gasteiger partial charge is 0.401 e. The number of likely N-dealkylation sites (tertiary alicyclic amines) is 1. The first-order chi connectivity index (χ1) is 10.9. The smallest absolute Gasteiger partial charge is 0.357 e. The predicted molar refractivity (Wildman–Crippen MR) is 103 cm³/mol. The maximum Gasteiger partial charge on any atom is 0.401 e. The van der Waals surface area contributed by atoms with Gasteiger partial charge >= 0.3 is 6.18 Å².